The molecule has 0 aliphatic carbocycles. The summed E-state index contributed by atoms with van der Waals surface area (Å²) in [6.45, 7) is 0. The van der Waals surface area contributed by atoms with Crippen LogP contribution in [0.4, 0.5) is 0 Å². The van der Waals surface area contributed by atoms with E-state index in [0.29, 0.717) is 0 Å². The summed E-state index contributed by atoms with van der Waals surface area (Å²) < 4.78 is 0. The quantitative estimate of drug-likeness (QED) is 0.197. The van der Waals surface area contributed by atoms with Crippen molar-refractivity contribution in [2.45, 2.75) is 0 Å². The van der Waals surface area contributed by atoms with Crippen LogP contribution in [-0.2, 0) is 65.0 Å². The van der Waals surface area contributed by atoms with Crippen molar-refractivity contribution >= 4 is 53.2 Å². The van der Waals surface area contributed by atoms with Gasteiger partial charge in [0.1, 0.15) is 0 Å². The number of hydrogen-bond acceptors (Lipinski definition) is 15. The second-order valence-corrected chi connectivity index (χ2v) is 2.08. The van der Waals surface area contributed by atoms with Gasteiger partial charge >= 0.3 is 35.3 Å². The maximum absolute atomic E-state index is 9.50. The Hall–Kier alpha value is -2.05. The van der Waals surface area contributed by atoms with Crippen molar-refractivity contribution in [1.29, 1.82) is 0 Å². The first-order valence-electron chi connectivity index (χ1n) is 3.91. The van der Waals surface area contributed by atoms with Gasteiger partial charge in [0.2, 0.25) is 0 Å². The number of aliphatic carboxylic acids is 3. The van der Waals surface area contributed by atoms with E-state index in [2.05, 4.69) is 32.2 Å². The number of hydrogen-bond donors (Lipinski definition) is 3. The van der Waals surface area contributed by atoms with E-state index in [-0.39, 0.29) is 39.1 Å². The normalized spacial score (nSPS) is 6.91. The summed E-state index contributed by atoms with van der Waals surface area (Å²) in [6.07, 6.45) is 0. The summed E-state index contributed by atoms with van der Waals surface area (Å²) in [5, 5.41) is 27.8. The molecule has 0 fully saturated rings. The van der Waals surface area contributed by atoms with Crippen LogP contribution in [-0.4, -0.2) is 53.2 Å². The maximum atomic E-state index is 9.50. The van der Waals surface area contributed by atoms with Crippen LogP contribution in [0.25, 0.3) is 0 Å². The molecule has 23 heavy (non-hydrogen) atoms. The van der Waals surface area contributed by atoms with Gasteiger partial charge in [0, 0.05) is 21.7 Å². The monoisotopic (exact) mass is 387 g/mol. The van der Waals surface area contributed by atoms with Crippen molar-refractivity contribution in [3.63, 3.8) is 0 Å². The fourth-order valence-electron chi connectivity index (χ4n) is 0.144. The van der Waals surface area contributed by atoms with Crippen molar-refractivity contribution in [3.8, 4) is 0 Å². The van der Waals surface area contributed by atoms with Gasteiger partial charge in [-0.3, -0.25) is 0 Å². The molecule has 0 heterocycles. The van der Waals surface area contributed by atoms with Crippen molar-refractivity contribution < 1.29 is 80.3 Å². The molecule has 0 radical (unpaired) electrons. The topological polar surface area (TPSA) is 277 Å². The zero-order chi connectivity index (χ0) is 17.6. The van der Waals surface area contributed by atoms with Crippen LogP contribution in [0.5, 0.6) is 0 Å². The summed E-state index contributed by atoms with van der Waals surface area (Å²) in [5.74, 6) is 1.77. The Labute approximate surface area is 151 Å². The minimum absolute atomic E-state index is 0. The Morgan fingerprint density at radius 3 is 0.696 bits per heavy atom. The average molecular weight is 387 g/mol. The van der Waals surface area contributed by atoms with Gasteiger partial charge < -0.3 is 44.2 Å². The van der Waals surface area contributed by atoms with Crippen LogP contribution in [0.15, 0.2) is 0 Å². The number of nitrogens with two attached hydrogens (primary N) is 3. The molecule has 0 unspecified atom stereocenters. The van der Waals surface area contributed by atoms with E-state index in [1.807, 2.05) is 0 Å². The molecule has 0 saturated heterocycles. The maximum Gasteiger partial charge on any atom is 3.00 e. The molecule has 17 heteroatoms. The molecular formula is C6H6AlN3O12Ti. The van der Waals surface area contributed by atoms with Crippen LogP contribution in [0.2, 0.25) is 0 Å². The summed E-state index contributed by atoms with van der Waals surface area (Å²) >= 11 is 0. The number of carbonyl (C=O) groups excluding carboxylic acids is 6. The fourth-order valence-corrected chi connectivity index (χ4v) is 0.144. The van der Waals surface area contributed by atoms with Crippen LogP contribution < -0.4 is 33.0 Å². The Balaban J connectivity index is -0.0000000675. The number of carboxylic acid groups (broad SMARTS) is 3. The molecule has 0 aliphatic rings. The number of carbonyl (C=O) groups is 6. The largest absolute Gasteiger partial charge is 3.00 e. The van der Waals surface area contributed by atoms with Gasteiger partial charge in [0.15, 0.2) is 17.9 Å². The summed E-state index contributed by atoms with van der Waals surface area (Å²) in [5.41, 5.74) is 0. The SMILES string of the molecule is NOC(=O)C(=O)[O-].NOC(=O)C(=O)[O-].NOC(=O)C(=O)[O-].[Al+3].[Ti]. The van der Waals surface area contributed by atoms with E-state index in [0.717, 1.165) is 0 Å². The van der Waals surface area contributed by atoms with Crippen molar-refractivity contribution in [2.24, 2.45) is 17.7 Å². The van der Waals surface area contributed by atoms with E-state index in [4.69, 9.17) is 0 Å². The van der Waals surface area contributed by atoms with Crippen LogP contribution in [0, 0.1) is 0 Å². The molecule has 0 atom stereocenters. The Bertz CT molecular complexity index is 367. The minimum atomic E-state index is -1.94. The van der Waals surface area contributed by atoms with Gasteiger partial charge in [0.25, 0.3) is 0 Å². The van der Waals surface area contributed by atoms with Crippen LogP contribution in [0.1, 0.15) is 0 Å². The smallest absolute Gasteiger partial charge is 0.539 e. The summed E-state index contributed by atoms with van der Waals surface area (Å²) in [7, 11) is 0. The number of rotatable bonds is 0. The van der Waals surface area contributed by atoms with Crippen molar-refractivity contribution in [2.75, 3.05) is 0 Å². The number of carboxylic acids is 3. The first-order chi connectivity index (χ1) is 9.54. The average Bonchev–Trinajstić information content (AvgIpc) is 2.45. The third-order valence-corrected chi connectivity index (χ3v) is 0.821. The van der Waals surface area contributed by atoms with E-state index < -0.39 is 35.8 Å². The molecule has 0 aromatic carbocycles. The van der Waals surface area contributed by atoms with Gasteiger partial charge in [0.05, 0.1) is 0 Å². The molecule has 0 bridgehead atoms. The van der Waals surface area contributed by atoms with Crippen molar-refractivity contribution in [3.05, 3.63) is 0 Å². The predicted octanol–water partition coefficient (Wildman–Crippen LogP) is -8.92. The van der Waals surface area contributed by atoms with Gasteiger partial charge in [-0.25, -0.2) is 14.4 Å². The Morgan fingerprint density at radius 1 is 0.565 bits per heavy atom. The Morgan fingerprint density at radius 2 is 0.696 bits per heavy atom. The molecule has 0 saturated carbocycles. The second kappa shape index (κ2) is 19.9. The molecule has 0 rings (SSSR count). The van der Waals surface area contributed by atoms with E-state index >= 15 is 0 Å². The third-order valence-electron chi connectivity index (χ3n) is 0.821. The first kappa shape index (κ1) is 32.8. The first-order valence-corrected chi connectivity index (χ1v) is 3.91. The van der Waals surface area contributed by atoms with E-state index in [1.54, 1.807) is 0 Å². The molecule has 124 valence electrons. The molecule has 0 aliphatic heterocycles. The minimum Gasteiger partial charge on any atom is -0.539 e. The molecule has 0 aromatic rings. The standard InChI is InChI=1S/3C2H3NO4.Al.Ti/c3*3-7-2(6)1(4)5;;/h3*3H2,(H,4,5);;/q;;;+3;/p-3. The third kappa shape index (κ3) is 25.3. The van der Waals surface area contributed by atoms with Gasteiger partial charge in [-0.1, -0.05) is 0 Å². The second-order valence-electron chi connectivity index (χ2n) is 2.08. The molecular weight excluding hydrogens is 381 g/mol. The van der Waals surface area contributed by atoms with Crippen LogP contribution in [0.3, 0.4) is 0 Å². The fraction of sp³-hybridized carbons (Fsp3) is 0. The Kier molecular flexibility index (Phi) is 28.4. The van der Waals surface area contributed by atoms with Gasteiger partial charge in [-0.2, -0.15) is 17.7 Å². The molecule has 0 spiro atoms. The zero-order valence-electron chi connectivity index (χ0n) is 10.7. The van der Waals surface area contributed by atoms with Gasteiger partial charge in [-0.15, -0.1) is 0 Å². The zero-order valence-corrected chi connectivity index (χ0v) is 13.4. The molecule has 15 nitrogen and oxygen atoms in total. The predicted molar refractivity (Wildman–Crippen MR) is 51.6 cm³/mol. The van der Waals surface area contributed by atoms with Crippen LogP contribution >= 0.6 is 0 Å². The summed E-state index contributed by atoms with van der Waals surface area (Å²) in [6, 6.07) is 0. The summed E-state index contributed by atoms with van der Waals surface area (Å²) in [4.78, 5) is 65.9. The molecule has 0 amide bonds. The molecule has 6 N–H and O–H groups in total. The molecule has 0 aromatic heterocycles. The van der Waals surface area contributed by atoms with Crippen molar-refractivity contribution in [1.82, 2.24) is 0 Å². The van der Waals surface area contributed by atoms with E-state index in [1.165, 1.54) is 0 Å². The van der Waals surface area contributed by atoms with E-state index in [9.17, 15) is 44.1 Å². The van der Waals surface area contributed by atoms with Gasteiger partial charge in [-0.05, 0) is 0 Å².